The second-order valence-corrected chi connectivity index (χ2v) is 4.60. The van der Waals surface area contributed by atoms with Gasteiger partial charge in [0.1, 0.15) is 5.75 Å². The van der Waals surface area contributed by atoms with E-state index in [0.717, 1.165) is 15.6 Å². The average molecular weight is 352 g/mol. The normalized spacial score (nSPS) is 10.1. The topological polar surface area (TPSA) is 35.5 Å². The van der Waals surface area contributed by atoms with Crippen LogP contribution in [0.2, 0.25) is 0 Å². The SMILES string of the molecule is COC(=O)c1c(C)cc(Br)c(OC)c1CBr. The van der Waals surface area contributed by atoms with Gasteiger partial charge in [-0.25, -0.2) is 4.79 Å². The molecule has 1 aromatic rings. The van der Waals surface area contributed by atoms with Gasteiger partial charge in [0.2, 0.25) is 0 Å². The quantitative estimate of drug-likeness (QED) is 0.618. The molecule has 16 heavy (non-hydrogen) atoms. The number of hydrogen-bond acceptors (Lipinski definition) is 3. The number of hydrogen-bond donors (Lipinski definition) is 0. The molecular weight excluding hydrogens is 340 g/mol. The van der Waals surface area contributed by atoms with Gasteiger partial charge in [0.05, 0.1) is 24.3 Å². The molecule has 0 aromatic heterocycles. The molecule has 0 N–H and O–H groups in total. The van der Waals surface area contributed by atoms with Crippen LogP contribution in [-0.2, 0) is 10.1 Å². The Morgan fingerprint density at radius 3 is 2.50 bits per heavy atom. The van der Waals surface area contributed by atoms with E-state index >= 15 is 0 Å². The van der Waals surface area contributed by atoms with Gasteiger partial charge in [-0.05, 0) is 34.5 Å². The third-order valence-electron chi connectivity index (χ3n) is 2.26. The number of carbonyl (C=O) groups excluding carboxylic acids is 1. The van der Waals surface area contributed by atoms with Gasteiger partial charge in [-0.1, -0.05) is 15.9 Å². The maximum atomic E-state index is 11.7. The summed E-state index contributed by atoms with van der Waals surface area (Å²) in [7, 11) is 2.94. The highest BCUT2D eigenvalue weighted by Gasteiger charge is 2.20. The molecule has 1 aromatic carbocycles. The van der Waals surface area contributed by atoms with Gasteiger partial charge >= 0.3 is 5.97 Å². The van der Waals surface area contributed by atoms with E-state index in [2.05, 4.69) is 31.9 Å². The van der Waals surface area contributed by atoms with Gasteiger partial charge in [0, 0.05) is 10.9 Å². The molecule has 1 rings (SSSR count). The van der Waals surface area contributed by atoms with E-state index < -0.39 is 0 Å². The van der Waals surface area contributed by atoms with Crippen molar-refractivity contribution in [2.24, 2.45) is 0 Å². The third-order valence-corrected chi connectivity index (χ3v) is 3.41. The first-order valence-corrected chi connectivity index (χ1v) is 6.48. The van der Waals surface area contributed by atoms with Gasteiger partial charge in [0.15, 0.2) is 0 Å². The first-order chi connectivity index (χ1) is 7.56. The zero-order valence-corrected chi connectivity index (χ0v) is 12.4. The fourth-order valence-corrected chi connectivity index (χ4v) is 2.84. The van der Waals surface area contributed by atoms with Gasteiger partial charge < -0.3 is 9.47 Å². The first kappa shape index (κ1) is 13.5. The lowest BCUT2D eigenvalue weighted by Crippen LogP contribution is -2.09. The molecule has 0 spiro atoms. The summed E-state index contributed by atoms with van der Waals surface area (Å²) in [6, 6.07) is 1.84. The summed E-state index contributed by atoms with van der Waals surface area (Å²) in [4.78, 5) is 11.7. The number of methoxy groups -OCH3 is 2. The minimum absolute atomic E-state index is 0.349. The molecule has 5 heteroatoms. The summed E-state index contributed by atoms with van der Waals surface area (Å²) in [5, 5.41) is 0.529. The maximum absolute atomic E-state index is 11.7. The van der Waals surface area contributed by atoms with E-state index in [-0.39, 0.29) is 5.97 Å². The number of halogens is 2. The highest BCUT2D eigenvalue weighted by atomic mass is 79.9. The Morgan fingerprint density at radius 2 is 2.06 bits per heavy atom. The molecule has 0 heterocycles. The smallest absolute Gasteiger partial charge is 0.338 e. The van der Waals surface area contributed by atoms with Gasteiger partial charge in [-0.2, -0.15) is 0 Å². The molecule has 0 atom stereocenters. The van der Waals surface area contributed by atoms with E-state index in [1.807, 2.05) is 13.0 Å². The van der Waals surface area contributed by atoms with Crippen molar-refractivity contribution in [2.75, 3.05) is 14.2 Å². The predicted molar refractivity (Wildman–Crippen MR) is 69.4 cm³/mol. The van der Waals surface area contributed by atoms with Crippen molar-refractivity contribution >= 4 is 37.8 Å². The number of carbonyl (C=O) groups is 1. The van der Waals surface area contributed by atoms with Crippen LogP contribution in [0.15, 0.2) is 10.5 Å². The summed E-state index contributed by atoms with van der Waals surface area (Å²) in [5.41, 5.74) is 2.20. The summed E-state index contributed by atoms with van der Waals surface area (Å²) in [6.07, 6.45) is 0. The lowest BCUT2D eigenvalue weighted by atomic mass is 10.0. The van der Waals surface area contributed by atoms with Crippen molar-refractivity contribution in [3.63, 3.8) is 0 Å². The van der Waals surface area contributed by atoms with Crippen LogP contribution >= 0.6 is 31.9 Å². The second-order valence-electron chi connectivity index (χ2n) is 3.19. The van der Waals surface area contributed by atoms with E-state index in [4.69, 9.17) is 9.47 Å². The predicted octanol–water partition coefficient (Wildman–Crippen LogP) is 3.45. The molecule has 0 radical (unpaired) electrons. The van der Waals surface area contributed by atoms with Crippen molar-refractivity contribution in [1.29, 1.82) is 0 Å². The zero-order valence-electron chi connectivity index (χ0n) is 9.27. The number of ether oxygens (including phenoxy) is 2. The summed E-state index contributed by atoms with van der Waals surface area (Å²) in [5.74, 6) is 0.306. The Balaban J connectivity index is 3.52. The Labute approximate surface area is 111 Å². The van der Waals surface area contributed by atoms with E-state index in [9.17, 15) is 4.79 Å². The van der Waals surface area contributed by atoms with E-state index in [1.54, 1.807) is 7.11 Å². The zero-order chi connectivity index (χ0) is 12.3. The second kappa shape index (κ2) is 5.68. The standard InChI is InChI=1S/C11H12Br2O3/c1-6-4-8(13)10(15-2)7(5-12)9(6)11(14)16-3/h4H,5H2,1-3H3. The maximum Gasteiger partial charge on any atom is 0.338 e. The lowest BCUT2D eigenvalue weighted by Gasteiger charge is -2.15. The molecule has 0 fully saturated rings. The molecule has 0 aliphatic carbocycles. The molecule has 0 saturated heterocycles. The van der Waals surface area contributed by atoms with Crippen LogP contribution in [0.3, 0.4) is 0 Å². The van der Waals surface area contributed by atoms with Crippen molar-refractivity contribution in [1.82, 2.24) is 0 Å². The number of benzene rings is 1. The monoisotopic (exact) mass is 350 g/mol. The highest BCUT2D eigenvalue weighted by molar-refractivity contribution is 9.10. The van der Waals surface area contributed by atoms with Crippen LogP contribution in [0.1, 0.15) is 21.5 Å². The van der Waals surface area contributed by atoms with Crippen LogP contribution in [0.4, 0.5) is 0 Å². The minimum Gasteiger partial charge on any atom is -0.495 e. The molecule has 0 amide bonds. The molecule has 0 aliphatic rings. The number of esters is 1. The first-order valence-electron chi connectivity index (χ1n) is 4.57. The Kier molecular flexibility index (Phi) is 4.80. The average Bonchev–Trinajstić information content (AvgIpc) is 2.27. The molecule has 0 aliphatic heterocycles. The fourth-order valence-electron chi connectivity index (χ4n) is 1.56. The third kappa shape index (κ3) is 2.40. The number of rotatable bonds is 3. The highest BCUT2D eigenvalue weighted by Crippen LogP contribution is 2.35. The van der Waals surface area contributed by atoms with Gasteiger partial charge in [0.25, 0.3) is 0 Å². The van der Waals surface area contributed by atoms with Crippen molar-refractivity contribution < 1.29 is 14.3 Å². The van der Waals surface area contributed by atoms with Crippen LogP contribution < -0.4 is 4.74 Å². The Morgan fingerprint density at radius 1 is 1.44 bits per heavy atom. The molecular formula is C11H12Br2O3. The largest absolute Gasteiger partial charge is 0.495 e. The van der Waals surface area contributed by atoms with Crippen LogP contribution in [0.25, 0.3) is 0 Å². The molecule has 0 saturated carbocycles. The molecule has 88 valence electrons. The number of aryl methyl sites for hydroxylation is 1. The van der Waals surface area contributed by atoms with E-state index in [0.29, 0.717) is 16.6 Å². The van der Waals surface area contributed by atoms with Crippen LogP contribution in [0, 0.1) is 6.92 Å². The van der Waals surface area contributed by atoms with Gasteiger partial charge in [-0.3, -0.25) is 0 Å². The summed E-state index contributed by atoms with van der Waals surface area (Å²) < 4.78 is 10.9. The molecule has 0 unspecified atom stereocenters. The summed E-state index contributed by atoms with van der Waals surface area (Å²) in [6.45, 7) is 1.86. The van der Waals surface area contributed by atoms with Crippen molar-refractivity contribution in [3.05, 3.63) is 27.2 Å². The molecule has 3 nitrogen and oxygen atoms in total. The van der Waals surface area contributed by atoms with Gasteiger partial charge in [-0.15, -0.1) is 0 Å². The Bertz CT molecular complexity index is 416. The van der Waals surface area contributed by atoms with Crippen molar-refractivity contribution in [3.8, 4) is 5.75 Å². The Hall–Kier alpha value is -0.550. The fraction of sp³-hybridized carbons (Fsp3) is 0.364. The lowest BCUT2D eigenvalue weighted by molar-refractivity contribution is 0.0598. The van der Waals surface area contributed by atoms with Crippen LogP contribution in [-0.4, -0.2) is 20.2 Å². The molecule has 0 bridgehead atoms. The minimum atomic E-state index is -0.349. The van der Waals surface area contributed by atoms with E-state index in [1.165, 1.54) is 7.11 Å². The van der Waals surface area contributed by atoms with Crippen molar-refractivity contribution in [2.45, 2.75) is 12.3 Å². The summed E-state index contributed by atoms with van der Waals surface area (Å²) >= 11 is 6.76. The van der Waals surface area contributed by atoms with Crippen LogP contribution in [0.5, 0.6) is 5.75 Å². The number of alkyl halides is 1.